The van der Waals surface area contributed by atoms with E-state index in [4.69, 9.17) is 0 Å². The van der Waals surface area contributed by atoms with E-state index in [2.05, 4.69) is 31.9 Å². The smallest absolute Gasteiger partial charge is 0.225 e. The summed E-state index contributed by atoms with van der Waals surface area (Å²) in [5.74, 6) is 0.401. The standard InChI is InChI=1S/C20H23FN4O/c21-17-13-22-19(23-14-17)24-11-4-8-20(10-12-24)9-7-18(26)25(20)15-16-5-2-1-3-6-16/h1-3,5-6,13-14H,4,7-12,15H2/t20-/m0/s1. The minimum Gasteiger partial charge on any atom is -0.341 e. The highest BCUT2D eigenvalue weighted by atomic mass is 19.1. The molecule has 0 bridgehead atoms. The van der Waals surface area contributed by atoms with Gasteiger partial charge in [0.15, 0.2) is 5.82 Å². The molecule has 0 aliphatic carbocycles. The maximum absolute atomic E-state index is 13.1. The van der Waals surface area contributed by atoms with E-state index in [9.17, 15) is 9.18 Å². The lowest BCUT2D eigenvalue weighted by Gasteiger charge is -2.38. The van der Waals surface area contributed by atoms with Gasteiger partial charge in [-0.05, 0) is 31.2 Å². The molecule has 1 amide bonds. The van der Waals surface area contributed by atoms with Gasteiger partial charge in [-0.15, -0.1) is 0 Å². The van der Waals surface area contributed by atoms with Gasteiger partial charge in [-0.2, -0.15) is 0 Å². The van der Waals surface area contributed by atoms with Crippen LogP contribution in [0.3, 0.4) is 0 Å². The number of anilines is 1. The van der Waals surface area contributed by atoms with Crippen LogP contribution in [0.2, 0.25) is 0 Å². The lowest BCUT2D eigenvalue weighted by molar-refractivity contribution is -0.132. The van der Waals surface area contributed by atoms with Gasteiger partial charge in [0.25, 0.3) is 0 Å². The third-order valence-corrected chi connectivity index (χ3v) is 5.67. The maximum Gasteiger partial charge on any atom is 0.225 e. The Morgan fingerprint density at radius 1 is 1.04 bits per heavy atom. The third-order valence-electron chi connectivity index (χ3n) is 5.67. The number of nitrogens with zero attached hydrogens (tertiary/aromatic N) is 4. The number of hydrogen-bond donors (Lipinski definition) is 0. The minimum atomic E-state index is -0.421. The lowest BCUT2D eigenvalue weighted by Crippen LogP contribution is -2.46. The predicted molar refractivity (Wildman–Crippen MR) is 97.0 cm³/mol. The largest absolute Gasteiger partial charge is 0.341 e. The maximum atomic E-state index is 13.1. The average Bonchev–Trinajstić information content (AvgIpc) is 2.84. The Bertz CT molecular complexity index is 767. The Hall–Kier alpha value is -2.50. The van der Waals surface area contributed by atoms with Crippen molar-refractivity contribution in [3.63, 3.8) is 0 Å². The fraction of sp³-hybridized carbons (Fsp3) is 0.450. The van der Waals surface area contributed by atoms with Crippen LogP contribution in [0, 0.1) is 5.82 Å². The molecule has 1 atom stereocenters. The van der Waals surface area contributed by atoms with Gasteiger partial charge in [-0.25, -0.2) is 14.4 Å². The number of amides is 1. The first-order valence-corrected chi connectivity index (χ1v) is 9.23. The zero-order chi connectivity index (χ0) is 18.0. The molecule has 0 N–H and O–H groups in total. The molecule has 0 unspecified atom stereocenters. The second-order valence-corrected chi connectivity index (χ2v) is 7.23. The van der Waals surface area contributed by atoms with E-state index in [0.29, 0.717) is 18.9 Å². The molecule has 26 heavy (non-hydrogen) atoms. The molecule has 1 aromatic heterocycles. The van der Waals surface area contributed by atoms with Gasteiger partial charge in [0.1, 0.15) is 0 Å². The zero-order valence-corrected chi connectivity index (χ0v) is 14.8. The summed E-state index contributed by atoms with van der Waals surface area (Å²) in [4.78, 5) is 25.0. The molecule has 2 fully saturated rings. The fourth-order valence-corrected chi connectivity index (χ4v) is 4.26. The van der Waals surface area contributed by atoms with Crippen LogP contribution in [0.4, 0.5) is 10.3 Å². The fourth-order valence-electron chi connectivity index (χ4n) is 4.26. The van der Waals surface area contributed by atoms with Crippen molar-refractivity contribution >= 4 is 11.9 Å². The van der Waals surface area contributed by atoms with Crippen LogP contribution < -0.4 is 4.90 Å². The van der Waals surface area contributed by atoms with Gasteiger partial charge >= 0.3 is 0 Å². The number of hydrogen-bond acceptors (Lipinski definition) is 4. The zero-order valence-electron chi connectivity index (χ0n) is 14.8. The van der Waals surface area contributed by atoms with Crippen molar-refractivity contribution in [3.05, 3.63) is 54.1 Å². The molecule has 2 saturated heterocycles. The molecule has 1 aromatic carbocycles. The Balaban J connectivity index is 1.52. The van der Waals surface area contributed by atoms with E-state index in [1.807, 2.05) is 18.2 Å². The monoisotopic (exact) mass is 354 g/mol. The molecule has 6 heteroatoms. The first-order chi connectivity index (χ1) is 12.7. The second kappa shape index (κ2) is 7.02. The summed E-state index contributed by atoms with van der Waals surface area (Å²) in [6.07, 6.45) is 6.82. The van der Waals surface area contributed by atoms with Crippen LogP contribution in [0.15, 0.2) is 42.7 Å². The summed E-state index contributed by atoms with van der Waals surface area (Å²) in [5, 5.41) is 0. The van der Waals surface area contributed by atoms with Gasteiger partial charge in [0.05, 0.1) is 12.4 Å². The SMILES string of the molecule is O=C1CC[C@]2(CCCN(c3ncc(F)cn3)CC2)N1Cc1ccccc1. The van der Waals surface area contributed by atoms with E-state index in [1.165, 1.54) is 18.0 Å². The van der Waals surface area contributed by atoms with Crippen molar-refractivity contribution in [1.29, 1.82) is 0 Å². The number of rotatable bonds is 3. The Morgan fingerprint density at radius 2 is 1.81 bits per heavy atom. The molecule has 3 heterocycles. The lowest BCUT2D eigenvalue weighted by atomic mass is 9.87. The molecule has 4 rings (SSSR count). The summed E-state index contributed by atoms with van der Waals surface area (Å²) in [6.45, 7) is 2.29. The second-order valence-electron chi connectivity index (χ2n) is 7.23. The number of aromatic nitrogens is 2. The number of halogens is 1. The van der Waals surface area contributed by atoms with Crippen molar-refractivity contribution in [2.45, 2.75) is 44.2 Å². The number of carbonyl (C=O) groups excluding carboxylic acids is 1. The molecule has 2 aliphatic heterocycles. The Morgan fingerprint density at radius 3 is 2.58 bits per heavy atom. The van der Waals surface area contributed by atoms with Gasteiger partial charge < -0.3 is 9.80 Å². The molecule has 136 valence electrons. The van der Waals surface area contributed by atoms with Crippen LogP contribution in [0.1, 0.15) is 37.7 Å². The highest BCUT2D eigenvalue weighted by Crippen LogP contribution is 2.40. The van der Waals surface area contributed by atoms with E-state index in [-0.39, 0.29) is 11.4 Å². The average molecular weight is 354 g/mol. The molecular weight excluding hydrogens is 331 g/mol. The van der Waals surface area contributed by atoms with Gasteiger partial charge in [0, 0.05) is 31.6 Å². The number of likely N-dealkylation sites (tertiary alicyclic amines) is 1. The van der Waals surface area contributed by atoms with Gasteiger partial charge in [0.2, 0.25) is 11.9 Å². The number of carbonyl (C=O) groups is 1. The molecule has 2 aliphatic rings. The van der Waals surface area contributed by atoms with E-state index in [0.717, 1.165) is 38.8 Å². The topological polar surface area (TPSA) is 49.3 Å². The first-order valence-electron chi connectivity index (χ1n) is 9.23. The highest BCUT2D eigenvalue weighted by Gasteiger charge is 2.45. The predicted octanol–water partition coefficient (Wildman–Crippen LogP) is 3.17. The van der Waals surface area contributed by atoms with Gasteiger partial charge in [-0.3, -0.25) is 4.79 Å². The van der Waals surface area contributed by atoms with Crippen molar-refractivity contribution < 1.29 is 9.18 Å². The summed E-state index contributed by atoms with van der Waals surface area (Å²) >= 11 is 0. The van der Waals surface area contributed by atoms with Crippen molar-refractivity contribution in [2.24, 2.45) is 0 Å². The van der Waals surface area contributed by atoms with Crippen LogP contribution >= 0.6 is 0 Å². The summed E-state index contributed by atoms with van der Waals surface area (Å²) in [5.41, 5.74) is 1.09. The highest BCUT2D eigenvalue weighted by molar-refractivity contribution is 5.79. The minimum absolute atomic E-state index is 0.0816. The summed E-state index contributed by atoms with van der Waals surface area (Å²) in [7, 11) is 0. The van der Waals surface area contributed by atoms with Crippen LogP contribution in [0.25, 0.3) is 0 Å². The van der Waals surface area contributed by atoms with Crippen LogP contribution in [-0.4, -0.2) is 39.4 Å². The molecule has 5 nitrogen and oxygen atoms in total. The molecule has 0 saturated carbocycles. The molecular formula is C20H23FN4O. The molecule has 0 radical (unpaired) electrons. The summed E-state index contributed by atoms with van der Waals surface area (Å²) in [6, 6.07) is 10.2. The van der Waals surface area contributed by atoms with Crippen molar-refractivity contribution in [2.75, 3.05) is 18.0 Å². The number of benzene rings is 1. The van der Waals surface area contributed by atoms with Gasteiger partial charge in [-0.1, -0.05) is 30.3 Å². The quantitative estimate of drug-likeness (QED) is 0.850. The normalized spacial score (nSPS) is 23.5. The Kier molecular flexibility index (Phi) is 4.57. The van der Waals surface area contributed by atoms with E-state index < -0.39 is 5.82 Å². The van der Waals surface area contributed by atoms with Crippen LogP contribution in [-0.2, 0) is 11.3 Å². The molecule has 1 spiro atoms. The Labute approximate surface area is 152 Å². The van der Waals surface area contributed by atoms with Crippen molar-refractivity contribution in [1.82, 2.24) is 14.9 Å². The van der Waals surface area contributed by atoms with Crippen molar-refractivity contribution in [3.8, 4) is 0 Å². The van der Waals surface area contributed by atoms with E-state index in [1.54, 1.807) is 0 Å². The van der Waals surface area contributed by atoms with Crippen LogP contribution in [0.5, 0.6) is 0 Å². The first kappa shape index (κ1) is 16.9. The molecule has 2 aromatic rings. The summed E-state index contributed by atoms with van der Waals surface area (Å²) < 4.78 is 13.1. The third kappa shape index (κ3) is 3.28. The van der Waals surface area contributed by atoms with E-state index >= 15 is 0 Å².